The molecule has 1 atom stereocenters. The normalized spacial score (nSPS) is 13.6. The fourth-order valence-corrected chi connectivity index (χ4v) is 2.72. The molecule has 0 spiro atoms. The van der Waals surface area contributed by atoms with E-state index in [1.54, 1.807) is 0 Å². The second-order valence-corrected chi connectivity index (χ2v) is 6.28. The van der Waals surface area contributed by atoms with Crippen LogP contribution in [0.3, 0.4) is 0 Å². The first-order valence-corrected chi connectivity index (χ1v) is 8.65. The van der Waals surface area contributed by atoms with E-state index < -0.39 is 4.92 Å². The van der Waals surface area contributed by atoms with Crippen molar-refractivity contribution in [2.75, 3.05) is 12.1 Å². The number of anilines is 1. The Kier molecular flexibility index (Phi) is 5.40. The molecule has 0 fully saturated rings. The van der Waals surface area contributed by atoms with Crippen LogP contribution in [0.25, 0.3) is 6.08 Å². The number of hydrogen-bond acceptors (Lipinski definition) is 5. The fraction of sp³-hybridized carbons (Fsp3) is 0.250. The molecule has 0 saturated carbocycles. The van der Waals surface area contributed by atoms with Gasteiger partial charge in [-0.25, -0.2) is 0 Å². The van der Waals surface area contributed by atoms with E-state index in [-0.39, 0.29) is 24.0 Å². The third kappa shape index (κ3) is 4.25. The minimum Gasteiger partial charge on any atom is -0.454 e. The SMILES string of the molecule is CCC(C)c1ccc(NC(=O)/C=C/c2cc3c(cc2[N+](=O)[O-])OCO3)cc1. The molecule has 7 nitrogen and oxygen atoms in total. The van der Waals surface area contributed by atoms with Crippen LogP contribution in [0.5, 0.6) is 11.5 Å². The number of carbonyl (C=O) groups excluding carboxylic acids is 1. The molecule has 1 N–H and O–H groups in total. The summed E-state index contributed by atoms with van der Waals surface area (Å²) in [4.78, 5) is 22.9. The lowest BCUT2D eigenvalue weighted by Gasteiger charge is -2.09. The topological polar surface area (TPSA) is 90.7 Å². The monoisotopic (exact) mass is 368 g/mol. The molecule has 0 aromatic heterocycles. The summed E-state index contributed by atoms with van der Waals surface area (Å²) in [5.41, 5.74) is 1.99. The van der Waals surface area contributed by atoms with E-state index in [4.69, 9.17) is 9.47 Å². The number of ether oxygens (including phenoxy) is 2. The zero-order valence-electron chi connectivity index (χ0n) is 15.1. The molecule has 1 aliphatic rings. The van der Waals surface area contributed by atoms with E-state index in [2.05, 4.69) is 19.2 Å². The van der Waals surface area contributed by atoms with Crippen molar-refractivity contribution in [3.05, 3.63) is 63.7 Å². The van der Waals surface area contributed by atoms with Gasteiger partial charge < -0.3 is 14.8 Å². The van der Waals surface area contributed by atoms with Crippen molar-refractivity contribution in [2.24, 2.45) is 0 Å². The summed E-state index contributed by atoms with van der Waals surface area (Å²) in [5, 5.41) is 14.0. The molecule has 0 aliphatic carbocycles. The van der Waals surface area contributed by atoms with Crippen LogP contribution in [0.4, 0.5) is 11.4 Å². The lowest BCUT2D eigenvalue weighted by atomic mass is 9.99. The van der Waals surface area contributed by atoms with Gasteiger partial charge in [-0.3, -0.25) is 14.9 Å². The molecule has 1 heterocycles. The van der Waals surface area contributed by atoms with Crippen LogP contribution < -0.4 is 14.8 Å². The zero-order valence-corrected chi connectivity index (χ0v) is 15.1. The first-order chi connectivity index (χ1) is 13.0. The molecule has 2 aromatic rings. The van der Waals surface area contributed by atoms with E-state index >= 15 is 0 Å². The number of nitro benzene ring substituents is 1. The molecule has 27 heavy (non-hydrogen) atoms. The minimum atomic E-state index is -0.521. The van der Waals surface area contributed by atoms with E-state index in [1.165, 1.54) is 29.8 Å². The molecule has 1 aliphatic heterocycles. The van der Waals surface area contributed by atoms with E-state index in [9.17, 15) is 14.9 Å². The number of benzene rings is 2. The van der Waals surface area contributed by atoms with Crippen molar-refractivity contribution in [2.45, 2.75) is 26.2 Å². The maximum atomic E-state index is 12.2. The molecule has 0 bridgehead atoms. The Labute approximate surface area is 156 Å². The molecule has 3 rings (SSSR count). The Morgan fingerprint density at radius 3 is 2.56 bits per heavy atom. The highest BCUT2D eigenvalue weighted by molar-refractivity contribution is 6.02. The molecule has 140 valence electrons. The number of nitro groups is 1. The van der Waals surface area contributed by atoms with Crippen molar-refractivity contribution in [3.8, 4) is 11.5 Å². The summed E-state index contributed by atoms with van der Waals surface area (Å²) >= 11 is 0. The summed E-state index contributed by atoms with van der Waals surface area (Å²) in [7, 11) is 0. The van der Waals surface area contributed by atoms with Crippen LogP contribution in [-0.2, 0) is 4.79 Å². The quantitative estimate of drug-likeness (QED) is 0.461. The minimum absolute atomic E-state index is 0.0206. The predicted octanol–water partition coefficient (Wildman–Crippen LogP) is 4.49. The van der Waals surface area contributed by atoms with E-state index in [0.717, 1.165) is 6.42 Å². The third-order valence-electron chi connectivity index (χ3n) is 4.49. The maximum absolute atomic E-state index is 12.2. The molecular weight excluding hydrogens is 348 g/mol. The highest BCUT2D eigenvalue weighted by atomic mass is 16.7. The first kappa shape index (κ1) is 18.4. The zero-order chi connectivity index (χ0) is 19.4. The number of nitrogens with one attached hydrogen (secondary N) is 1. The van der Waals surface area contributed by atoms with Gasteiger partial charge in [-0.15, -0.1) is 0 Å². The summed E-state index contributed by atoms with van der Waals surface area (Å²) in [6.07, 6.45) is 3.69. The van der Waals surface area contributed by atoms with Crippen molar-refractivity contribution < 1.29 is 19.2 Å². The number of carbonyl (C=O) groups is 1. The van der Waals surface area contributed by atoms with Gasteiger partial charge in [0.15, 0.2) is 11.5 Å². The van der Waals surface area contributed by atoms with Gasteiger partial charge in [0.25, 0.3) is 5.69 Å². The van der Waals surface area contributed by atoms with Gasteiger partial charge in [-0.1, -0.05) is 26.0 Å². The van der Waals surface area contributed by atoms with E-state index in [0.29, 0.717) is 23.1 Å². The van der Waals surface area contributed by atoms with Crippen LogP contribution in [0.1, 0.15) is 37.3 Å². The van der Waals surface area contributed by atoms with Crippen LogP contribution in [0.15, 0.2) is 42.5 Å². The second kappa shape index (κ2) is 7.90. The smallest absolute Gasteiger partial charge is 0.280 e. The van der Waals surface area contributed by atoms with Crippen LogP contribution in [0, 0.1) is 10.1 Å². The molecule has 2 aromatic carbocycles. The molecule has 1 amide bonds. The number of amides is 1. The van der Waals surface area contributed by atoms with Gasteiger partial charge >= 0.3 is 0 Å². The second-order valence-electron chi connectivity index (χ2n) is 6.28. The Hall–Kier alpha value is -3.35. The van der Waals surface area contributed by atoms with Gasteiger partial charge in [-0.05, 0) is 42.2 Å². The number of nitrogens with zero attached hydrogens (tertiary/aromatic N) is 1. The molecule has 0 radical (unpaired) electrons. The number of rotatable bonds is 6. The van der Waals surface area contributed by atoms with Crippen molar-refractivity contribution in [3.63, 3.8) is 0 Å². The summed E-state index contributed by atoms with van der Waals surface area (Å²) in [5.74, 6) is 0.824. The summed E-state index contributed by atoms with van der Waals surface area (Å²) in [6, 6.07) is 10.4. The lowest BCUT2D eigenvalue weighted by molar-refractivity contribution is -0.385. The highest BCUT2D eigenvalue weighted by Crippen LogP contribution is 2.38. The maximum Gasteiger partial charge on any atom is 0.280 e. The first-order valence-electron chi connectivity index (χ1n) is 8.65. The molecular formula is C20H20N2O5. The molecule has 1 unspecified atom stereocenters. The Balaban J connectivity index is 1.72. The Morgan fingerprint density at radius 2 is 1.93 bits per heavy atom. The van der Waals surface area contributed by atoms with Gasteiger partial charge in [-0.2, -0.15) is 0 Å². The molecule has 7 heteroatoms. The molecule has 0 saturated heterocycles. The third-order valence-corrected chi connectivity index (χ3v) is 4.49. The Bertz CT molecular complexity index is 890. The number of fused-ring (bicyclic) bond motifs is 1. The summed E-state index contributed by atoms with van der Waals surface area (Å²) in [6.45, 7) is 4.29. The van der Waals surface area contributed by atoms with Gasteiger partial charge in [0, 0.05) is 11.8 Å². The summed E-state index contributed by atoms with van der Waals surface area (Å²) < 4.78 is 10.4. The highest BCUT2D eigenvalue weighted by Gasteiger charge is 2.22. The fourth-order valence-electron chi connectivity index (χ4n) is 2.72. The standard InChI is InChI=1S/C20H20N2O5/c1-3-13(2)14-4-7-16(8-5-14)21-20(23)9-6-15-10-18-19(27-12-26-18)11-17(15)22(24)25/h4-11,13H,3,12H2,1-2H3,(H,21,23)/b9-6+. The van der Waals surface area contributed by atoms with E-state index in [1.807, 2.05) is 24.3 Å². The average molecular weight is 368 g/mol. The van der Waals surface area contributed by atoms with Crippen molar-refractivity contribution >= 4 is 23.4 Å². The average Bonchev–Trinajstić information content (AvgIpc) is 3.13. The van der Waals surface area contributed by atoms with Gasteiger partial charge in [0.1, 0.15) is 0 Å². The van der Waals surface area contributed by atoms with Crippen molar-refractivity contribution in [1.29, 1.82) is 0 Å². The lowest BCUT2D eigenvalue weighted by Crippen LogP contribution is -2.07. The number of hydrogen-bond donors (Lipinski definition) is 1. The largest absolute Gasteiger partial charge is 0.454 e. The van der Waals surface area contributed by atoms with Crippen LogP contribution >= 0.6 is 0 Å². The Morgan fingerprint density at radius 1 is 1.26 bits per heavy atom. The van der Waals surface area contributed by atoms with Crippen molar-refractivity contribution in [1.82, 2.24) is 0 Å². The van der Waals surface area contributed by atoms with Crippen LogP contribution in [0.2, 0.25) is 0 Å². The van der Waals surface area contributed by atoms with Crippen LogP contribution in [-0.4, -0.2) is 17.6 Å². The van der Waals surface area contributed by atoms with Gasteiger partial charge in [0.2, 0.25) is 12.7 Å². The predicted molar refractivity (Wildman–Crippen MR) is 102 cm³/mol. The van der Waals surface area contributed by atoms with Gasteiger partial charge in [0.05, 0.1) is 16.6 Å².